The summed E-state index contributed by atoms with van der Waals surface area (Å²) in [4.78, 5) is 6.48. The van der Waals surface area contributed by atoms with Crippen LogP contribution in [0.5, 0.6) is 0 Å². The summed E-state index contributed by atoms with van der Waals surface area (Å²) in [5.74, 6) is -0.536. The number of halogens is 4. The number of nitrogens with one attached hydrogen (secondary N) is 2. The van der Waals surface area contributed by atoms with Crippen LogP contribution in [0.2, 0.25) is 10.0 Å². The molecule has 38 heavy (non-hydrogen) atoms. The highest BCUT2D eigenvalue weighted by molar-refractivity contribution is 6.36. The van der Waals surface area contributed by atoms with Crippen LogP contribution in [0.3, 0.4) is 0 Å². The topological polar surface area (TPSA) is 94.7 Å². The van der Waals surface area contributed by atoms with Gasteiger partial charge in [-0.3, -0.25) is 4.98 Å². The predicted molar refractivity (Wildman–Crippen MR) is 144 cm³/mol. The molecule has 0 spiro atoms. The molecule has 5 rings (SSSR count). The standard InChI is InChI=1S/C26H24Cl2F2N8/c27-22-10-17(1-2-24(22)30)34-25-16(12-31)13-33-26-21(25)9-18(11-23(26)28)32-14-19-15-38(36-35-19)20-3-6-37(7-4-20)8-5-29/h1-2,9-11,13,15,20,32H,3-8,14H2,(H,33,34). The predicted octanol–water partition coefficient (Wildman–Crippen LogP) is 6.11. The highest BCUT2D eigenvalue weighted by Crippen LogP contribution is 2.35. The molecule has 0 amide bonds. The Labute approximate surface area is 228 Å². The molecule has 1 saturated heterocycles. The molecule has 2 aromatic carbocycles. The molecule has 0 bridgehead atoms. The highest BCUT2D eigenvalue weighted by Gasteiger charge is 2.21. The van der Waals surface area contributed by atoms with E-state index in [1.807, 2.05) is 16.9 Å². The summed E-state index contributed by atoms with van der Waals surface area (Å²) in [6.45, 7) is 2.25. The van der Waals surface area contributed by atoms with Crippen LogP contribution < -0.4 is 10.6 Å². The van der Waals surface area contributed by atoms with Gasteiger partial charge in [0.2, 0.25) is 0 Å². The molecule has 1 aliphatic rings. The number of likely N-dealkylation sites (tertiary alicyclic amines) is 1. The van der Waals surface area contributed by atoms with E-state index in [-0.39, 0.29) is 17.7 Å². The first kappa shape index (κ1) is 26.1. The lowest BCUT2D eigenvalue weighted by Gasteiger charge is -2.30. The Balaban J connectivity index is 1.35. The Bertz CT molecular complexity index is 1490. The number of benzene rings is 2. The second-order valence-corrected chi connectivity index (χ2v) is 9.89. The van der Waals surface area contributed by atoms with E-state index in [1.165, 1.54) is 24.4 Å². The first-order valence-electron chi connectivity index (χ1n) is 12.1. The van der Waals surface area contributed by atoms with Crippen molar-refractivity contribution < 1.29 is 8.78 Å². The van der Waals surface area contributed by atoms with Gasteiger partial charge >= 0.3 is 0 Å². The van der Waals surface area contributed by atoms with Gasteiger partial charge in [0, 0.05) is 42.6 Å². The summed E-state index contributed by atoms with van der Waals surface area (Å²) in [7, 11) is 0. The Morgan fingerprint density at radius 2 is 1.89 bits per heavy atom. The van der Waals surface area contributed by atoms with E-state index in [1.54, 1.807) is 6.07 Å². The molecule has 1 aliphatic heterocycles. The molecule has 12 heteroatoms. The zero-order chi connectivity index (χ0) is 26.6. The van der Waals surface area contributed by atoms with E-state index in [2.05, 4.69) is 36.9 Å². The maximum atomic E-state index is 13.6. The molecule has 0 atom stereocenters. The smallest absolute Gasteiger partial charge is 0.141 e. The molecule has 0 saturated carbocycles. The fraction of sp³-hybridized carbons (Fsp3) is 0.308. The third-order valence-electron chi connectivity index (χ3n) is 6.60. The fourth-order valence-corrected chi connectivity index (χ4v) is 5.04. The summed E-state index contributed by atoms with van der Waals surface area (Å²) in [5, 5.41) is 25.8. The number of anilines is 3. The summed E-state index contributed by atoms with van der Waals surface area (Å²) < 4.78 is 28.1. The number of alkyl halides is 1. The number of hydrogen-bond donors (Lipinski definition) is 2. The van der Waals surface area contributed by atoms with Crippen LogP contribution in [-0.4, -0.2) is 51.2 Å². The average Bonchev–Trinajstić information content (AvgIpc) is 3.40. The van der Waals surface area contributed by atoms with Crippen molar-refractivity contribution in [2.45, 2.75) is 25.4 Å². The summed E-state index contributed by atoms with van der Waals surface area (Å²) in [6, 6.07) is 10.2. The van der Waals surface area contributed by atoms with Gasteiger partial charge in [-0.15, -0.1) is 5.10 Å². The van der Waals surface area contributed by atoms with E-state index in [0.29, 0.717) is 51.6 Å². The number of nitriles is 1. The quantitative estimate of drug-likeness (QED) is 0.270. The SMILES string of the molecule is N#Cc1cnc2c(Cl)cc(NCc3cn(C4CCN(CCF)CC4)nn3)cc2c1Nc1ccc(F)c(Cl)c1. The monoisotopic (exact) mass is 556 g/mol. The van der Waals surface area contributed by atoms with Crippen LogP contribution in [0.4, 0.5) is 25.8 Å². The molecule has 4 aromatic rings. The van der Waals surface area contributed by atoms with Crippen molar-refractivity contribution in [2.75, 3.05) is 36.9 Å². The van der Waals surface area contributed by atoms with Crippen LogP contribution in [0, 0.1) is 17.1 Å². The van der Waals surface area contributed by atoms with E-state index >= 15 is 0 Å². The van der Waals surface area contributed by atoms with Gasteiger partial charge in [-0.2, -0.15) is 5.26 Å². The maximum Gasteiger partial charge on any atom is 0.141 e. The zero-order valence-corrected chi connectivity index (χ0v) is 21.8. The minimum atomic E-state index is -0.536. The summed E-state index contributed by atoms with van der Waals surface area (Å²) in [5.41, 5.74) is 3.27. The average molecular weight is 557 g/mol. The van der Waals surface area contributed by atoms with Gasteiger partial charge in [0.15, 0.2) is 0 Å². The lowest BCUT2D eigenvalue weighted by atomic mass is 10.1. The molecular formula is C26H24Cl2F2N8. The van der Waals surface area contributed by atoms with E-state index in [0.717, 1.165) is 31.6 Å². The van der Waals surface area contributed by atoms with Crippen molar-refractivity contribution in [1.29, 1.82) is 5.26 Å². The lowest BCUT2D eigenvalue weighted by molar-refractivity contribution is 0.168. The summed E-state index contributed by atoms with van der Waals surface area (Å²) in [6.07, 6.45) is 5.17. The fourth-order valence-electron chi connectivity index (χ4n) is 4.59. The zero-order valence-electron chi connectivity index (χ0n) is 20.3. The van der Waals surface area contributed by atoms with Gasteiger partial charge < -0.3 is 15.5 Å². The molecular weight excluding hydrogens is 533 g/mol. The molecule has 196 valence electrons. The second-order valence-electron chi connectivity index (χ2n) is 9.07. The number of pyridine rings is 1. The number of piperidine rings is 1. The highest BCUT2D eigenvalue weighted by atomic mass is 35.5. The summed E-state index contributed by atoms with van der Waals surface area (Å²) >= 11 is 12.5. The van der Waals surface area contributed by atoms with Gasteiger partial charge in [0.05, 0.1) is 45.6 Å². The maximum absolute atomic E-state index is 13.6. The minimum absolute atomic E-state index is 0.0365. The van der Waals surface area contributed by atoms with Crippen molar-refractivity contribution in [3.63, 3.8) is 0 Å². The van der Waals surface area contributed by atoms with Gasteiger partial charge in [-0.1, -0.05) is 28.4 Å². The molecule has 0 aliphatic carbocycles. The Morgan fingerprint density at radius 1 is 1.11 bits per heavy atom. The third-order valence-corrected chi connectivity index (χ3v) is 7.18. The first-order chi connectivity index (χ1) is 18.4. The molecule has 2 aromatic heterocycles. The Kier molecular flexibility index (Phi) is 7.88. The van der Waals surface area contributed by atoms with Crippen LogP contribution in [0.25, 0.3) is 10.9 Å². The van der Waals surface area contributed by atoms with Crippen molar-refractivity contribution in [2.24, 2.45) is 0 Å². The first-order valence-corrected chi connectivity index (χ1v) is 12.9. The number of hydrogen-bond acceptors (Lipinski definition) is 7. The third kappa shape index (κ3) is 5.65. The number of nitrogens with zero attached hydrogens (tertiary/aromatic N) is 6. The van der Waals surface area contributed by atoms with Crippen LogP contribution in [-0.2, 0) is 6.54 Å². The van der Waals surface area contributed by atoms with Gasteiger partial charge in [0.25, 0.3) is 0 Å². The van der Waals surface area contributed by atoms with Crippen molar-refractivity contribution >= 4 is 51.2 Å². The molecule has 8 nitrogen and oxygen atoms in total. The van der Waals surface area contributed by atoms with Crippen LogP contribution in [0.1, 0.15) is 30.1 Å². The lowest BCUT2D eigenvalue weighted by Crippen LogP contribution is -2.36. The van der Waals surface area contributed by atoms with Crippen molar-refractivity contribution in [1.82, 2.24) is 24.9 Å². The largest absolute Gasteiger partial charge is 0.379 e. The van der Waals surface area contributed by atoms with Gasteiger partial charge in [-0.05, 0) is 43.2 Å². The Morgan fingerprint density at radius 3 is 2.63 bits per heavy atom. The molecule has 0 unspecified atom stereocenters. The normalized spacial score (nSPS) is 14.5. The van der Waals surface area contributed by atoms with Crippen LogP contribution >= 0.6 is 23.2 Å². The van der Waals surface area contributed by atoms with Crippen molar-refractivity contribution in [3.8, 4) is 6.07 Å². The molecule has 2 N–H and O–H groups in total. The number of aromatic nitrogens is 4. The second kappa shape index (κ2) is 11.5. The number of fused-ring (bicyclic) bond motifs is 1. The number of rotatable bonds is 8. The van der Waals surface area contributed by atoms with Gasteiger partial charge in [-0.25, -0.2) is 13.5 Å². The Hall–Kier alpha value is -3.52. The van der Waals surface area contributed by atoms with Gasteiger partial charge in [0.1, 0.15) is 24.3 Å². The minimum Gasteiger partial charge on any atom is -0.379 e. The van der Waals surface area contributed by atoms with E-state index in [4.69, 9.17) is 23.2 Å². The molecule has 1 fully saturated rings. The van der Waals surface area contributed by atoms with E-state index in [9.17, 15) is 14.0 Å². The van der Waals surface area contributed by atoms with E-state index < -0.39 is 5.82 Å². The van der Waals surface area contributed by atoms with Crippen molar-refractivity contribution in [3.05, 3.63) is 69.8 Å². The van der Waals surface area contributed by atoms with Crippen LogP contribution in [0.15, 0.2) is 42.7 Å². The molecule has 3 heterocycles. The molecule has 0 radical (unpaired) electrons.